The second-order valence-electron chi connectivity index (χ2n) is 5.18. The number of hydrogen-bond acceptors (Lipinski definition) is 4. The first kappa shape index (κ1) is 14.8. The summed E-state index contributed by atoms with van der Waals surface area (Å²) in [6.45, 7) is 5.27. The number of methoxy groups -OCH3 is 1. The predicted molar refractivity (Wildman–Crippen MR) is 72.7 cm³/mol. The maximum Gasteiger partial charge on any atom is 0.178 e. The van der Waals surface area contributed by atoms with Gasteiger partial charge in [0.2, 0.25) is 0 Å². The minimum atomic E-state index is -0.615. The molecule has 0 saturated heterocycles. The van der Waals surface area contributed by atoms with E-state index in [4.69, 9.17) is 10.00 Å². The van der Waals surface area contributed by atoms with Crippen LogP contribution in [0.4, 0.5) is 0 Å². The number of ether oxygens (including phenoxy) is 1. The van der Waals surface area contributed by atoms with Crippen molar-refractivity contribution in [2.75, 3.05) is 7.11 Å². The minimum absolute atomic E-state index is 0.0308. The fourth-order valence-electron chi connectivity index (χ4n) is 1.52. The molecule has 0 heterocycles. The topological polar surface area (TPSA) is 70.3 Å². The SMILES string of the molecule is COc1ccc(C=C(C#N)C(=O)C(C)(C)C)cc1O. The van der Waals surface area contributed by atoms with E-state index in [2.05, 4.69) is 0 Å². The highest BCUT2D eigenvalue weighted by Gasteiger charge is 2.24. The van der Waals surface area contributed by atoms with E-state index >= 15 is 0 Å². The van der Waals surface area contributed by atoms with Crippen molar-refractivity contribution in [2.24, 2.45) is 5.41 Å². The van der Waals surface area contributed by atoms with Gasteiger partial charge in [-0.15, -0.1) is 0 Å². The van der Waals surface area contributed by atoms with Gasteiger partial charge < -0.3 is 9.84 Å². The Balaban J connectivity index is 3.17. The zero-order valence-corrected chi connectivity index (χ0v) is 11.5. The third-order valence-electron chi connectivity index (χ3n) is 2.56. The van der Waals surface area contributed by atoms with Gasteiger partial charge in [0.1, 0.15) is 6.07 Å². The molecule has 19 heavy (non-hydrogen) atoms. The van der Waals surface area contributed by atoms with Crippen molar-refractivity contribution in [3.05, 3.63) is 29.3 Å². The number of hydrogen-bond donors (Lipinski definition) is 1. The molecule has 4 heteroatoms. The van der Waals surface area contributed by atoms with Crippen LogP contribution in [0.1, 0.15) is 26.3 Å². The zero-order valence-electron chi connectivity index (χ0n) is 11.5. The number of nitrogens with zero attached hydrogens (tertiary/aromatic N) is 1. The summed E-state index contributed by atoms with van der Waals surface area (Å²) in [5.41, 5.74) is 0.0281. The van der Waals surface area contributed by atoms with Crippen molar-refractivity contribution >= 4 is 11.9 Å². The summed E-state index contributed by atoms with van der Waals surface area (Å²) in [7, 11) is 1.45. The molecule has 0 saturated carbocycles. The van der Waals surface area contributed by atoms with Crippen molar-refractivity contribution < 1.29 is 14.6 Å². The van der Waals surface area contributed by atoms with E-state index in [1.807, 2.05) is 6.07 Å². The van der Waals surface area contributed by atoms with E-state index in [1.165, 1.54) is 19.3 Å². The molecule has 100 valence electrons. The molecule has 0 aliphatic carbocycles. The van der Waals surface area contributed by atoms with E-state index in [0.29, 0.717) is 11.3 Å². The average molecular weight is 259 g/mol. The number of carbonyl (C=O) groups is 1. The van der Waals surface area contributed by atoms with Gasteiger partial charge in [0.25, 0.3) is 0 Å². The van der Waals surface area contributed by atoms with E-state index in [-0.39, 0.29) is 17.1 Å². The smallest absolute Gasteiger partial charge is 0.178 e. The number of phenolic OH excluding ortho intramolecular Hbond substituents is 1. The fourth-order valence-corrected chi connectivity index (χ4v) is 1.52. The van der Waals surface area contributed by atoms with E-state index in [1.54, 1.807) is 32.9 Å². The largest absolute Gasteiger partial charge is 0.504 e. The Labute approximate surface area is 112 Å². The Bertz CT molecular complexity index is 560. The molecular formula is C15H17NO3. The molecule has 1 N–H and O–H groups in total. The summed E-state index contributed by atoms with van der Waals surface area (Å²) < 4.78 is 4.93. The number of aromatic hydroxyl groups is 1. The maximum absolute atomic E-state index is 12.0. The number of nitriles is 1. The number of Topliss-reactive ketones (excluding diaryl/α,β-unsaturated/α-hetero) is 1. The predicted octanol–water partition coefficient (Wildman–Crippen LogP) is 2.92. The molecule has 1 aromatic carbocycles. The monoisotopic (exact) mass is 259 g/mol. The number of ketones is 1. The zero-order chi connectivity index (χ0) is 14.6. The number of allylic oxidation sites excluding steroid dienone is 1. The number of carbonyl (C=O) groups excluding carboxylic acids is 1. The van der Waals surface area contributed by atoms with Gasteiger partial charge in [-0.3, -0.25) is 4.79 Å². The van der Waals surface area contributed by atoms with Crippen LogP contribution in [-0.2, 0) is 4.79 Å². The second-order valence-corrected chi connectivity index (χ2v) is 5.18. The summed E-state index contributed by atoms with van der Waals surface area (Å²) >= 11 is 0. The highest BCUT2D eigenvalue weighted by atomic mass is 16.5. The highest BCUT2D eigenvalue weighted by Crippen LogP contribution is 2.28. The summed E-state index contributed by atoms with van der Waals surface area (Å²) in [5, 5.41) is 18.7. The summed E-state index contributed by atoms with van der Waals surface area (Å²) in [5.74, 6) is 0.0832. The Hall–Kier alpha value is -2.28. The van der Waals surface area contributed by atoms with E-state index in [9.17, 15) is 9.90 Å². The summed E-state index contributed by atoms with van der Waals surface area (Å²) in [6, 6.07) is 6.61. The molecule has 0 spiro atoms. The van der Waals surface area contributed by atoms with Gasteiger partial charge >= 0.3 is 0 Å². The van der Waals surface area contributed by atoms with Crippen LogP contribution in [0.15, 0.2) is 23.8 Å². The molecule has 0 aromatic heterocycles. The molecule has 0 bridgehead atoms. The molecule has 0 amide bonds. The Morgan fingerprint density at radius 3 is 2.47 bits per heavy atom. The Morgan fingerprint density at radius 1 is 1.42 bits per heavy atom. The van der Waals surface area contributed by atoms with Crippen LogP contribution in [0.25, 0.3) is 6.08 Å². The van der Waals surface area contributed by atoms with Crippen LogP contribution < -0.4 is 4.74 Å². The second kappa shape index (κ2) is 5.57. The number of benzene rings is 1. The molecule has 0 atom stereocenters. The lowest BCUT2D eigenvalue weighted by molar-refractivity contribution is -0.121. The first-order valence-electron chi connectivity index (χ1n) is 5.83. The normalized spacial score (nSPS) is 11.8. The Kier molecular flexibility index (Phi) is 4.34. The number of phenols is 1. The van der Waals surface area contributed by atoms with E-state index in [0.717, 1.165) is 0 Å². The lowest BCUT2D eigenvalue weighted by Crippen LogP contribution is -2.21. The molecule has 0 radical (unpaired) electrons. The fraction of sp³-hybridized carbons (Fsp3) is 0.333. The van der Waals surface area contributed by atoms with Gasteiger partial charge in [0, 0.05) is 5.41 Å². The van der Waals surface area contributed by atoms with Crippen LogP contribution in [0.5, 0.6) is 11.5 Å². The lowest BCUT2D eigenvalue weighted by Gasteiger charge is -2.15. The van der Waals surface area contributed by atoms with Gasteiger partial charge in [0.15, 0.2) is 17.3 Å². The molecular weight excluding hydrogens is 242 g/mol. The molecule has 1 rings (SSSR count). The van der Waals surface area contributed by atoms with Crippen LogP contribution in [0.2, 0.25) is 0 Å². The number of rotatable bonds is 3. The molecule has 1 aromatic rings. The van der Waals surface area contributed by atoms with Gasteiger partial charge in [0.05, 0.1) is 12.7 Å². The van der Waals surface area contributed by atoms with Crippen molar-refractivity contribution in [1.82, 2.24) is 0 Å². The standard InChI is InChI=1S/C15H17NO3/c1-15(2,3)14(18)11(9-16)7-10-5-6-13(19-4)12(17)8-10/h5-8,17H,1-4H3. The van der Waals surface area contributed by atoms with Crippen LogP contribution in [0.3, 0.4) is 0 Å². The van der Waals surface area contributed by atoms with Crippen LogP contribution in [-0.4, -0.2) is 18.0 Å². The molecule has 0 aliphatic rings. The molecule has 0 aliphatic heterocycles. The third kappa shape index (κ3) is 3.59. The van der Waals surface area contributed by atoms with Crippen LogP contribution >= 0.6 is 0 Å². The first-order chi connectivity index (χ1) is 8.79. The minimum Gasteiger partial charge on any atom is -0.504 e. The van der Waals surface area contributed by atoms with Crippen molar-refractivity contribution in [3.63, 3.8) is 0 Å². The van der Waals surface area contributed by atoms with Gasteiger partial charge in [-0.05, 0) is 23.8 Å². The summed E-state index contributed by atoms with van der Waals surface area (Å²) in [6.07, 6.45) is 1.47. The molecule has 0 unspecified atom stereocenters. The van der Waals surface area contributed by atoms with Gasteiger partial charge in [-0.25, -0.2) is 0 Å². The van der Waals surface area contributed by atoms with Crippen LogP contribution in [0, 0.1) is 16.7 Å². The molecule has 0 fully saturated rings. The maximum atomic E-state index is 12.0. The van der Waals surface area contributed by atoms with Crippen molar-refractivity contribution in [2.45, 2.75) is 20.8 Å². The first-order valence-corrected chi connectivity index (χ1v) is 5.83. The molecule has 4 nitrogen and oxygen atoms in total. The van der Waals surface area contributed by atoms with Crippen molar-refractivity contribution in [3.8, 4) is 17.6 Å². The van der Waals surface area contributed by atoms with Gasteiger partial charge in [-0.2, -0.15) is 5.26 Å². The quantitative estimate of drug-likeness (QED) is 0.669. The van der Waals surface area contributed by atoms with Crippen molar-refractivity contribution in [1.29, 1.82) is 5.26 Å². The summed E-state index contributed by atoms with van der Waals surface area (Å²) in [4.78, 5) is 12.0. The average Bonchev–Trinajstić information content (AvgIpc) is 2.34. The van der Waals surface area contributed by atoms with E-state index < -0.39 is 5.41 Å². The Morgan fingerprint density at radius 2 is 2.05 bits per heavy atom. The van der Waals surface area contributed by atoms with Gasteiger partial charge in [-0.1, -0.05) is 26.8 Å². The third-order valence-corrected chi connectivity index (χ3v) is 2.56. The lowest BCUT2D eigenvalue weighted by atomic mass is 9.86. The highest BCUT2D eigenvalue weighted by molar-refractivity contribution is 6.06.